The third-order valence-electron chi connectivity index (χ3n) is 9.93. The molecule has 8 atom stereocenters. The summed E-state index contributed by atoms with van der Waals surface area (Å²) in [6.07, 6.45) is 12.8. The minimum atomic E-state index is -0.603. The normalized spacial score (nSPS) is 45.4. The molecule has 4 nitrogen and oxygen atoms in total. The quantitative estimate of drug-likeness (QED) is 0.731. The summed E-state index contributed by atoms with van der Waals surface area (Å²) in [6.45, 7) is 2.93. The summed E-state index contributed by atoms with van der Waals surface area (Å²) in [5.41, 5.74) is 0.657. The predicted octanol–water partition coefficient (Wildman–Crippen LogP) is 4.77. The molecule has 1 aromatic heterocycles. The minimum absolute atomic E-state index is 0.198. The van der Waals surface area contributed by atoms with E-state index in [2.05, 4.69) is 11.9 Å². The highest BCUT2D eigenvalue weighted by Gasteiger charge is 2.58. The number of carbonyl (C=O) groups is 1. The molecule has 5 rings (SSSR count). The zero-order chi connectivity index (χ0) is 20.9. The van der Waals surface area contributed by atoms with Crippen molar-refractivity contribution in [2.24, 2.45) is 40.9 Å². The second-order valence-electron chi connectivity index (χ2n) is 11.3. The van der Waals surface area contributed by atoms with Crippen molar-refractivity contribution in [1.29, 1.82) is 0 Å². The standard InChI is InChI=1S/C26H39NO3/c1-25-11-9-20-19-10-12-26(29,16-30-2)15-17(19)5-6-21(20)22(25)7-8-23(25)24(28)14-18-4-3-13-27-18/h3-4,13,17,19-23,27,29H,5-12,14-16H2,1-2H3/t17-,19+,20-,21-,22+,23-,25+,26-/m1/s1. The summed E-state index contributed by atoms with van der Waals surface area (Å²) in [4.78, 5) is 16.5. The Morgan fingerprint density at radius 1 is 1.13 bits per heavy atom. The van der Waals surface area contributed by atoms with E-state index in [9.17, 15) is 9.90 Å². The number of ketones is 1. The lowest BCUT2D eigenvalue weighted by molar-refractivity contribution is -0.135. The van der Waals surface area contributed by atoms with E-state index in [4.69, 9.17) is 4.74 Å². The number of aromatic nitrogens is 1. The molecule has 4 aliphatic carbocycles. The molecule has 4 saturated carbocycles. The van der Waals surface area contributed by atoms with Crippen molar-refractivity contribution in [3.05, 3.63) is 24.0 Å². The molecule has 4 aliphatic rings. The first-order valence-corrected chi connectivity index (χ1v) is 12.3. The Balaban J connectivity index is 1.29. The Hall–Kier alpha value is -1.13. The zero-order valence-corrected chi connectivity index (χ0v) is 18.7. The van der Waals surface area contributed by atoms with Crippen LogP contribution in [0.4, 0.5) is 0 Å². The molecule has 0 amide bonds. The van der Waals surface area contributed by atoms with Gasteiger partial charge in [0.05, 0.1) is 12.2 Å². The third kappa shape index (κ3) is 3.39. The number of hydrogen-bond donors (Lipinski definition) is 2. The summed E-state index contributed by atoms with van der Waals surface area (Å²) in [5.74, 6) is 4.46. The van der Waals surface area contributed by atoms with Crippen LogP contribution in [0.25, 0.3) is 0 Å². The van der Waals surface area contributed by atoms with E-state index in [1.54, 1.807) is 7.11 Å². The van der Waals surface area contributed by atoms with Gasteiger partial charge in [-0.3, -0.25) is 4.79 Å². The molecule has 0 radical (unpaired) electrons. The topological polar surface area (TPSA) is 62.3 Å². The highest BCUT2D eigenvalue weighted by molar-refractivity contribution is 5.84. The molecule has 0 saturated heterocycles. The van der Waals surface area contributed by atoms with E-state index in [1.165, 1.54) is 32.1 Å². The van der Waals surface area contributed by atoms with Crippen molar-refractivity contribution in [1.82, 2.24) is 4.98 Å². The van der Waals surface area contributed by atoms with Gasteiger partial charge in [0.25, 0.3) is 0 Å². The molecular weight excluding hydrogens is 374 g/mol. The number of nitrogens with one attached hydrogen (secondary N) is 1. The largest absolute Gasteiger partial charge is 0.387 e. The Labute approximate surface area is 181 Å². The molecule has 0 unspecified atom stereocenters. The first kappa shape index (κ1) is 20.8. The van der Waals surface area contributed by atoms with Crippen LogP contribution < -0.4 is 0 Å². The Bertz CT molecular complexity index is 760. The van der Waals surface area contributed by atoms with Crippen LogP contribution in [0.3, 0.4) is 0 Å². The van der Waals surface area contributed by atoms with Crippen molar-refractivity contribution in [3.63, 3.8) is 0 Å². The van der Waals surface area contributed by atoms with Crippen LogP contribution in [0, 0.1) is 40.9 Å². The van der Waals surface area contributed by atoms with E-state index < -0.39 is 5.60 Å². The molecule has 0 bridgehead atoms. The Kier molecular flexibility index (Phi) is 5.38. The number of ether oxygens (including phenoxy) is 1. The maximum atomic E-state index is 13.2. The van der Waals surface area contributed by atoms with Gasteiger partial charge >= 0.3 is 0 Å². The molecule has 0 spiro atoms. The molecule has 0 aliphatic heterocycles. The summed E-state index contributed by atoms with van der Waals surface area (Å²) in [6, 6.07) is 4.03. The number of H-pyrrole nitrogens is 1. The fourth-order valence-corrected chi connectivity index (χ4v) is 8.68. The maximum absolute atomic E-state index is 13.2. The van der Waals surface area contributed by atoms with Gasteiger partial charge in [-0.2, -0.15) is 0 Å². The smallest absolute Gasteiger partial charge is 0.142 e. The number of fused-ring (bicyclic) bond motifs is 5. The van der Waals surface area contributed by atoms with Crippen LogP contribution >= 0.6 is 0 Å². The van der Waals surface area contributed by atoms with Gasteiger partial charge in [-0.1, -0.05) is 6.92 Å². The molecule has 1 aromatic rings. The van der Waals surface area contributed by atoms with Crippen LogP contribution in [-0.4, -0.2) is 35.2 Å². The molecule has 4 fully saturated rings. The Morgan fingerprint density at radius 2 is 1.97 bits per heavy atom. The van der Waals surface area contributed by atoms with Gasteiger partial charge in [0.15, 0.2) is 0 Å². The molecule has 1 heterocycles. The van der Waals surface area contributed by atoms with Crippen molar-refractivity contribution in [2.45, 2.75) is 76.7 Å². The lowest BCUT2D eigenvalue weighted by atomic mass is 9.49. The number of hydrogen-bond acceptors (Lipinski definition) is 3. The van der Waals surface area contributed by atoms with Gasteiger partial charge in [-0.25, -0.2) is 0 Å². The summed E-state index contributed by atoms with van der Waals surface area (Å²) in [7, 11) is 1.70. The van der Waals surface area contributed by atoms with Gasteiger partial charge in [-0.05, 0) is 105 Å². The van der Waals surface area contributed by atoms with Crippen LogP contribution in [0.15, 0.2) is 18.3 Å². The number of Topliss-reactive ketones (excluding diaryl/α,β-unsaturated/α-hetero) is 1. The van der Waals surface area contributed by atoms with Crippen molar-refractivity contribution < 1.29 is 14.6 Å². The lowest BCUT2D eigenvalue weighted by Gasteiger charge is -2.57. The SMILES string of the molecule is COC[C@@]1(O)CC[C@H]2[C@H](CC[C@@H]3[C@@H]2CC[C@]2(C)[C@@H](C(=O)Cc4ccc[nH]4)CC[C@@H]32)C1. The van der Waals surface area contributed by atoms with Gasteiger partial charge < -0.3 is 14.8 Å². The van der Waals surface area contributed by atoms with Gasteiger partial charge in [0.2, 0.25) is 0 Å². The zero-order valence-electron chi connectivity index (χ0n) is 18.7. The predicted molar refractivity (Wildman–Crippen MR) is 117 cm³/mol. The van der Waals surface area contributed by atoms with Crippen molar-refractivity contribution in [3.8, 4) is 0 Å². The maximum Gasteiger partial charge on any atom is 0.142 e. The second-order valence-corrected chi connectivity index (χ2v) is 11.3. The van der Waals surface area contributed by atoms with Crippen LogP contribution in [0.5, 0.6) is 0 Å². The summed E-state index contributed by atoms with van der Waals surface area (Å²) in [5, 5.41) is 10.9. The van der Waals surface area contributed by atoms with E-state index in [0.717, 1.165) is 55.0 Å². The van der Waals surface area contributed by atoms with Gasteiger partial charge in [0, 0.05) is 31.3 Å². The fraction of sp³-hybridized carbons (Fsp3) is 0.808. The van der Waals surface area contributed by atoms with Crippen molar-refractivity contribution >= 4 is 5.78 Å². The van der Waals surface area contributed by atoms with Gasteiger partial charge in [0.1, 0.15) is 5.78 Å². The third-order valence-corrected chi connectivity index (χ3v) is 9.93. The number of carbonyl (C=O) groups excluding carboxylic acids is 1. The molecular formula is C26H39NO3. The average molecular weight is 414 g/mol. The minimum Gasteiger partial charge on any atom is -0.387 e. The average Bonchev–Trinajstić information content (AvgIpc) is 3.34. The summed E-state index contributed by atoms with van der Waals surface area (Å²) < 4.78 is 5.33. The van der Waals surface area contributed by atoms with Crippen molar-refractivity contribution in [2.75, 3.05) is 13.7 Å². The first-order valence-electron chi connectivity index (χ1n) is 12.3. The van der Waals surface area contributed by atoms with Crippen LogP contribution in [0.1, 0.15) is 70.4 Å². The second kappa shape index (κ2) is 7.78. The number of rotatable bonds is 5. The number of aliphatic hydroxyl groups is 1. The Morgan fingerprint density at radius 3 is 2.73 bits per heavy atom. The number of aromatic amines is 1. The lowest BCUT2D eigenvalue weighted by Crippen LogP contribution is -2.52. The van der Waals surface area contributed by atoms with Crippen LogP contribution in [-0.2, 0) is 16.0 Å². The summed E-state index contributed by atoms with van der Waals surface area (Å²) >= 11 is 0. The van der Waals surface area contributed by atoms with E-state index >= 15 is 0 Å². The van der Waals surface area contributed by atoms with Gasteiger partial charge in [-0.15, -0.1) is 0 Å². The molecule has 4 heteroatoms. The molecule has 30 heavy (non-hydrogen) atoms. The number of methoxy groups -OCH3 is 1. The van der Waals surface area contributed by atoms with E-state index in [1.807, 2.05) is 18.3 Å². The first-order chi connectivity index (χ1) is 14.4. The fourth-order valence-electron chi connectivity index (χ4n) is 8.68. The monoisotopic (exact) mass is 413 g/mol. The molecule has 166 valence electrons. The highest BCUT2D eigenvalue weighted by atomic mass is 16.5. The van der Waals surface area contributed by atoms with Crippen LogP contribution in [0.2, 0.25) is 0 Å². The molecule has 0 aromatic carbocycles. The van der Waals surface area contributed by atoms with E-state index in [-0.39, 0.29) is 11.3 Å². The van der Waals surface area contributed by atoms with E-state index in [0.29, 0.717) is 24.7 Å². The molecule has 2 N–H and O–H groups in total. The highest BCUT2D eigenvalue weighted by Crippen LogP contribution is 2.64.